The standard InChI is InChI=1S/C23H18Cl2IN3OS/c1-13-21(23(30)27-14(2)15-6-4-3-5-7-15)28-29(18-9-8-16(24)12-17(18)25)22(13)19-10-11-20(26)31-19/h3-12,14H,1-2H3,(H,27,30)/t14-/m0/s1. The van der Waals surface area contributed by atoms with E-state index in [1.807, 2.05) is 62.4 Å². The highest BCUT2D eigenvalue weighted by Gasteiger charge is 2.25. The maximum Gasteiger partial charge on any atom is 0.272 e. The summed E-state index contributed by atoms with van der Waals surface area (Å²) in [5.74, 6) is -0.231. The number of benzene rings is 2. The van der Waals surface area contributed by atoms with Crippen molar-refractivity contribution in [2.75, 3.05) is 0 Å². The molecule has 4 aromatic rings. The lowest BCUT2D eigenvalue weighted by molar-refractivity contribution is 0.0934. The van der Waals surface area contributed by atoms with Crippen LogP contribution in [0.4, 0.5) is 0 Å². The minimum absolute atomic E-state index is 0.150. The van der Waals surface area contributed by atoms with Crippen LogP contribution in [0, 0.1) is 9.81 Å². The van der Waals surface area contributed by atoms with E-state index in [1.54, 1.807) is 28.2 Å². The number of aromatic nitrogens is 2. The van der Waals surface area contributed by atoms with Crippen LogP contribution in [0.2, 0.25) is 10.0 Å². The third-order valence-corrected chi connectivity index (χ3v) is 7.37. The Labute approximate surface area is 208 Å². The number of nitrogens with one attached hydrogen (secondary N) is 1. The van der Waals surface area contributed by atoms with Gasteiger partial charge in [0.05, 0.1) is 30.2 Å². The van der Waals surface area contributed by atoms with Gasteiger partial charge in [-0.25, -0.2) is 4.68 Å². The summed E-state index contributed by atoms with van der Waals surface area (Å²) in [5, 5.41) is 8.75. The minimum atomic E-state index is -0.231. The summed E-state index contributed by atoms with van der Waals surface area (Å²) in [7, 11) is 0. The van der Waals surface area contributed by atoms with Gasteiger partial charge in [-0.3, -0.25) is 4.79 Å². The summed E-state index contributed by atoms with van der Waals surface area (Å²) in [5.41, 5.74) is 3.70. The molecule has 8 heteroatoms. The molecular formula is C23H18Cl2IN3OS. The highest BCUT2D eigenvalue weighted by molar-refractivity contribution is 14.1. The molecule has 0 aliphatic heterocycles. The molecule has 0 radical (unpaired) electrons. The van der Waals surface area contributed by atoms with Gasteiger partial charge in [-0.05, 0) is 72.3 Å². The average Bonchev–Trinajstić information content (AvgIpc) is 3.31. The van der Waals surface area contributed by atoms with Crippen LogP contribution in [-0.2, 0) is 0 Å². The van der Waals surface area contributed by atoms with Gasteiger partial charge in [-0.1, -0.05) is 53.5 Å². The Hall–Kier alpha value is -1.87. The molecule has 1 atom stereocenters. The van der Waals surface area contributed by atoms with Gasteiger partial charge < -0.3 is 5.32 Å². The van der Waals surface area contributed by atoms with Crippen molar-refractivity contribution in [2.45, 2.75) is 19.9 Å². The molecule has 2 heterocycles. The number of hydrogen-bond acceptors (Lipinski definition) is 3. The Kier molecular flexibility index (Phi) is 6.71. The first kappa shape index (κ1) is 22.3. The Morgan fingerprint density at radius 3 is 2.52 bits per heavy atom. The normalized spacial score (nSPS) is 12.0. The number of carbonyl (C=O) groups is 1. The van der Waals surface area contributed by atoms with Crippen LogP contribution >= 0.6 is 57.1 Å². The SMILES string of the molecule is Cc1c(C(=O)N[C@@H](C)c2ccccc2)nn(-c2ccc(Cl)cc2Cl)c1-c1ccc(I)s1. The Bertz CT molecular complexity index is 1250. The van der Waals surface area contributed by atoms with Gasteiger partial charge in [0, 0.05) is 10.6 Å². The molecule has 31 heavy (non-hydrogen) atoms. The summed E-state index contributed by atoms with van der Waals surface area (Å²) in [6.07, 6.45) is 0. The van der Waals surface area contributed by atoms with E-state index in [4.69, 9.17) is 23.2 Å². The van der Waals surface area contributed by atoms with Crippen molar-refractivity contribution >= 4 is 63.0 Å². The van der Waals surface area contributed by atoms with Crippen LogP contribution in [0.15, 0.2) is 60.7 Å². The molecule has 2 aromatic carbocycles. The maximum atomic E-state index is 13.2. The summed E-state index contributed by atoms with van der Waals surface area (Å²) in [6, 6.07) is 19.0. The summed E-state index contributed by atoms with van der Waals surface area (Å²) in [6.45, 7) is 3.87. The second kappa shape index (κ2) is 9.32. The fraction of sp³-hybridized carbons (Fsp3) is 0.130. The van der Waals surface area contributed by atoms with Crippen molar-refractivity contribution < 1.29 is 4.79 Å². The Morgan fingerprint density at radius 2 is 1.87 bits per heavy atom. The van der Waals surface area contributed by atoms with Crippen LogP contribution < -0.4 is 5.32 Å². The van der Waals surface area contributed by atoms with Gasteiger partial charge in [0.2, 0.25) is 0 Å². The van der Waals surface area contributed by atoms with E-state index in [0.29, 0.717) is 21.4 Å². The molecule has 0 aliphatic carbocycles. The topological polar surface area (TPSA) is 46.9 Å². The second-order valence-corrected chi connectivity index (χ2v) is 10.9. The van der Waals surface area contributed by atoms with E-state index < -0.39 is 0 Å². The van der Waals surface area contributed by atoms with E-state index in [9.17, 15) is 4.79 Å². The van der Waals surface area contributed by atoms with Crippen molar-refractivity contribution in [3.8, 4) is 16.3 Å². The zero-order valence-corrected chi connectivity index (χ0v) is 21.2. The van der Waals surface area contributed by atoms with Crippen molar-refractivity contribution in [1.82, 2.24) is 15.1 Å². The molecule has 0 unspecified atom stereocenters. The molecule has 0 saturated heterocycles. The van der Waals surface area contributed by atoms with Crippen LogP contribution in [0.25, 0.3) is 16.3 Å². The highest BCUT2D eigenvalue weighted by atomic mass is 127. The van der Waals surface area contributed by atoms with Gasteiger partial charge in [-0.2, -0.15) is 5.10 Å². The van der Waals surface area contributed by atoms with Crippen molar-refractivity contribution in [1.29, 1.82) is 0 Å². The first-order valence-corrected chi connectivity index (χ1v) is 12.2. The molecule has 0 spiro atoms. The van der Waals surface area contributed by atoms with Crippen LogP contribution in [-0.4, -0.2) is 15.7 Å². The number of thiophene rings is 1. The number of amides is 1. The fourth-order valence-corrected chi connectivity index (χ4v) is 5.56. The number of rotatable bonds is 5. The van der Waals surface area contributed by atoms with Crippen molar-refractivity contribution in [2.24, 2.45) is 0 Å². The third-order valence-electron chi connectivity index (χ3n) is 4.93. The van der Waals surface area contributed by atoms with Gasteiger partial charge in [-0.15, -0.1) is 11.3 Å². The molecule has 0 aliphatic rings. The lowest BCUT2D eigenvalue weighted by atomic mass is 10.1. The number of nitrogens with zero attached hydrogens (tertiary/aromatic N) is 2. The third kappa shape index (κ3) is 4.67. The fourth-order valence-electron chi connectivity index (χ4n) is 3.36. The predicted molar refractivity (Wildman–Crippen MR) is 137 cm³/mol. The molecular weight excluding hydrogens is 564 g/mol. The molecule has 1 N–H and O–H groups in total. The van der Waals surface area contributed by atoms with Crippen LogP contribution in [0.5, 0.6) is 0 Å². The molecule has 4 rings (SSSR count). The molecule has 2 aromatic heterocycles. The average molecular weight is 582 g/mol. The van der Waals surface area contributed by atoms with Gasteiger partial charge in [0.25, 0.3) is 5.91 Å². The maximum absolute atomic E-state index is 13.2. The van der Waals surface area contributed by atoms with Crippen LogP contribution in [0.3, 0.4) is 0 Å². The van der Waals surface area contributed by atoms with Gasteiger partial charge in [0.1, 0.15) is 0 Å². The van der Waals surface area contributed by atoms with E-state index >= 15 is 0 Å². The predicted octanol–water partition coefficient (Wildman–Crippen LogP) is 7.31. The lowest BCUT2D eigenvalue weighted by Crippen LogP contribution is -2.27. The number of hydrogen-bond donors (Lipinski definition) is 1. The van der Waals surface area contributed by atoms with E-state index in [0.717, 1.165) is 24.6 Å². The van der Waals surface area contributed by atoms with E-state index in [-0.39, 0.29) is 11.9 Å². The van der Waals surface area contributed by atoms with Gasteiger partial charge in [0.15, 0.2) is 5.69 Å². The van der Waals surface area contributed by atoms with Crippen LogP contribution in [0.1, 0.15) is 34.6 Å². The smallest absolute Gasteiger partial charge is 0.272 e. The van der Waals surface area contributed by atoms with Crippen molar-refractivity contribution in [3.05, 3.63) is 90.4 Å². The molecule has 4 nitrogen and oxygen atoms in total. The largest absolute Gasteiger partial charge is 0.344 e. The first-order chi connectivity index (χ1) is 14.8. The lowest BCUT2D eigenvalue weighted by Gasteiger charge is -2.13. The zero-order chi connectivity index (χ0) is 22.1. The molecule has 0 saturated carbocycles. The second-order valence-electron chi connectivity index (χ2n) is 7.04. The minimum Gasteiger partial charge on any atom is -0.344 e. The summed E-state index contributed by atoms with van der Waals surface area (Å²) >= 11 is 16.5. The molecule has 0 fully saturated rings. The monoisotopic (exact) mass is 581 g/mol. The van der Waals surface area contributed by atoms with Crippen molar-refractivity contribution in [3.63, 3.8) is 0 Å². The molecule has 158 valence electrons. The molecule has 0 bridgehead atoms. The summed E-state index contributed by atoms with van der Waals surface area (Å²) < 4.78 is 2.88. The molecule has 1 amide bonds. The Morgan fingerprint density at radius 1 is 1.13 bits per heavy atom. The van der Waals surface area contributed by atoms with E-state index in [1.165, 1.54) is 0 Å². The summed E-state index contributed by atoms with van der Waals surface area (Å²) in [4.78, 5) is 14.2. The quantitative estimate of drug-likeness (QED) is 0.251. The van der Waals surface area contributed by atoms with E-state index in [2.05, 4.69) is 33.0 Å². The zero-order valence-electron chi connectivity index (χ0n) is 16.7. The number of halogens is 3. The first-order valence-electron chi connectivity index (χ1n) is 9.51. The highest BCUT2D eigenvalue weighted by Crippen LogP contribution is 2.36. The number of carbonyl (C=O) groups excluding carboxylic acids is 1. The Balaban J connectivity index is 1.79. The van der Waals surface area contributed by atoms with Gasteiger partial charge >= 0.3 is 0 Å².